The van der Waals surface area contributed by atoms with Crippen LogP contribution in [0.5, 0.6) is 0 Å². The Kier molecular flexibility index (Phi) is 3.77. The van der Waals surface area contributed by atoms with E-state index in [1.54, 1.807) is 0 Å². The van der Waals surface area contributed by atoms with Gasteiger partial charge in [0.15, 0.2) is 0 Å². The summed E-state index contributed by atoms with van der Waals surface area (Å²) in [6.07, 6.45) is 4.34. The van der Waals surface area contributed by atoms with Crippen LogP contribution in [0, 0.1) is 0 Å². The maximum Gasteiger partial charge on any atom is -0.00103 e. The fraction of sp³-hybridized carbons (Fsp3) is 0.176. The SMILES string of the molecule is C/C=C\C(C)c1cccc(-c2ccccc2)c1. The summed E-state index contributed by atoms with van der Waals surface area (Å²) in [5, 5.41) is 0. The molecule has 0 radical (unpaired) electrons. The molecule has 1 unspecified atom stereocenters. The van der Waals surface area contributed by atoms with E-state index < -0.39 is 0 Å². The van der Waals surface area contributed by atoms with E-state index in [0.29, 0.717) is 5.92 Å². The Bertz CT molecular complexity index is 494. The van der Waals surface area contributed by atoms with E-state index in [-0.39, 0.29) is 0 Å². The van der Waals surface area contributed by atoms with Crippen LogP contribution in [0.2, 0.25) is 0 Å². The van der Waals surface area contributed by atoms with Crippen LogP contribution in [0.25, 0.3) is 11.1 Å². The first kappa shape index (κ1) is 11.7. The molecule has 17 heavy (non-hydrogen) atoms. The fourth-order valence-electron chi connectivity index (χ4n) is 2.03. The van der Waals surface area contributed by atoms with Crippen molar-refractivity contribution < 1.29 is 0 Å². The molecule has 0 saturated heterocycles. The molecular formula is C17H18. The third-order valence-corrected chi connectivity index (χ3v) is 3.00. The van der Waals surface area contributed by atoms with Crippen molar-refractivity contribution in [2.24, 2.45) is 0 Å². The molecule has 0 nitrogen and oxygen atoms in total. The second-order valence-corrected chi connectivity index (χ2v) is 4.31. The van der Waals surface area contributed by atoms with Crippen LogP contribution in [0.15, 0.2) is 66.7 Å². The molecule has 0 fully saturated rings. The predicted molar refractivity (Wildman–Crippen MR) is 75.1 cm³/mol. The minimum atomic E-state index is 0.476. The molecule has 2 aromatic carbocycles. The van der Waals surface area contributed by atoms with E-state index in [9.17, 15) is 0 Å². The van der Waals surface area contributed by atoms with Crippen molar-refractivity contribution in [1.82, 2.24) is 0 Å². The molecule has 0 saturated carbocycles. The largest absolute Gasteiger partial charge is 0.0911 e. The molecule has 0 aromatic heterocycles. The highest BCUT2D eigenvalue weighted by Gasteiger charge is 2.03. The first-order valence-corrected chi connectivity index (χ1v) is 6.09. The zero-order valence-electron chi connectivity index (χ0n) is 10.4. The highest BCUT2D eigenvalue weighted by Crippen LogP contribution is 2.24. The Morgan fingerprint density at radius 1 is 0.882 bits per heavy atom. The van der Waals surface area contributed by atoms with Crippen molar-refractivity contribution in [3.8, 4) is 11.1 Å². The molecule has 2 rings (SSSR count). The van der Waals surface area contributed by atoms with Crippen molar-refractivity contribution in [3.05, 3.63) is 72.3 Å². The maximum atomic E-state index is 2.28. The van der Waals surface area contributed by atoms with Crippen molar-refractivity contribution in [2.75, 3.05) is 0 Å². The van der Waals surface area contributed by atoms with Crippen LogP contribution in [-0.2, 0) is 0 Å². The molecule has 0 amide bonds. The summed E-state index contributed by atoms with van der Waals surface area (Å²) in [5.74, 6) is 0.476. The minimum absolute atomic E-state index is 0.476. The summed E-state index contributed by atoms with van der Waals surface area (Å²) >= 11 is 0. The highest BCUT2D eigenvalue weighted by molar-refractivity contribution is 5.64. The van der Waals surface area contributed by atoms with E-state index in [2.05, 4.69) is 80.6 Å². The zero-order chi connectivity index (χ0) is 12.1. The predicted octanol–water partition coefficient (Wildman–Crippen LogP) is 5.03. The fourth-order valence-corrected chi connectivity index (χ4v) is 2.03. The maximum absolute atomic E-state index is 2.28. The average molecular weight is 222 g/mol. The van der Waals surface area contributed by atoms with Gasteiger partial charge in [0.05, 0.1) is 0 Å². The lowest BCUT2D eigenvalue weighted by molar-refractivity contribution is 0.966. The van der Waals surface area contributed by atoms with Gasteiger partial charge in [-0.3, -0.25) is 0 Å². The molecule has 0 aliphatic heterocycles. The Morgan fingerprint density at radius 2 is 1.59 bits per heavy atom. The van der Waals surface area contributed by atoms with Crippen molar-refractivity contribution in [2.45, 2.75) is 19.8 Å². The quantitative estimate of drug-likeness (QED) is 0.639. The molecule has 0 bridgehead atoms. The van der Waals surface area contributed by atoms with E-state index in [0.717, 1.165) is 0 Å². The minimum Gasteiger partial charge on any atom is -0.0911 e. The third kappa shape index (κ3) is 2.85. The number of benzene rings is 2. The average Bonchev–Trinajstić information content (AvgIpc) is 2.40. The Morgan fingerprint density at radius 3 is 2.29 bits per heavy atom. The van der Waals surface area contributed by atoms with Crippen molar-refractivity contribution >= 4 is 0 Å². The molecule has 0 aliphatic carbocycles. The van der Waals surface area contributed by atoms with E-state index in [1.165, 1.54) is 16.7 Å². The Labute approximate surface area is 104 Å². The third-order valence-electron chi connectivity index (χ3n) is 3.00. The normalized spacial score (nSPS) is 12.8. The summed E-state index contributed by atoms with van der Waals surface area (Å²) in [7, 11) is 0. The van der Waals surface area contributed by atoms with Gasteiger partial charge in [-0.05, 0) is 29.5 Å². The Hall–Kier alpha value is -1.82. The van der Waals surface area contributed by atoms with Gasteiger partial charge in [-0.1, -0.05) is 73.7 Å². The van der Waals surface area contributed by atoms with Crippen LogP contribution >= 0.6 is 0 Å². The second-order valence-electron chi connectivity index (χ2n) is 4.31. The van der Waals surface area contributed by atoms with Gasteiger partial charge in [-0.25, -0.2) is 0 Å². The molecule has 0 heteroatoms. The van der Waals surface area contributed by atoms with Crippen LogP contribution in [0.4, 0.5) is 0 Å². The molecule has 0 N–H and O–H groups in total. The molecular weight excluding hydrogens is 204 g/mol. The van der Waals surface area contributed by atoms with Crippen molar-refractivity contribution in [1.29, 1.82) is 0 Å². The van der Waals surface area contributed by atoms with Crippen LogP contribution in [0.1, 0.15) is 25.3 Å². The second kappa shape index (κ2) is 5.49. The zero-order valence-corrected chi connectivity index (χ0v) is 10.4. The van der Waals surface area contributed by atoms with Gasteiger partial charge in [-0.2, -0.15) is 0 Å². The molecule has 86 valence electrons. The standard InChI is InChI=1S/C17H18/c1-3-8-14(2)16-11-7-12-17(13-16)15-9-5-4-6-10-15/h3-14H,1-2H3/b8-3-. The topological polar surface area (TPSA) is 0 Å². The molecule has 1 atom stereocenters. The van der Waals surface area contributed by atoms with Crippen LogP contribution < -0.4 is 0 Å². The summed E-state index contributed by atoms with van der Waals surface area (Å²) in [5.41, 5.74) is 3.94. The van der Waals surface area contributed by atoms with Gasteiger partial charge >= 0.3 is 0 Å². The number of allylic oxidation sites excluding steroid dienone is 2. The molecule has 2 aromatic rings. The van der Waals surface area contributed by atoms with E-state index in [4.69, 9.17) is 0 Å². The van der Waals surface area contributed by atoms with Gasteiger partial charge in [0.1, 0.15) is 0 Å². The monoisotopic (exact) mass is 222 g/mol. The number of hydrogen-bond acceptors (Lipinski definition) is 0. The number of rotatable bonds is 3. The van der Waals surface area contributed by atoms with Gasteiger partial charge in [-0.15, -0.1) is 0 Å². The van der Waals surface area contributed by atoms with Gasteiger partial charge in [0.2, 0.25) is 0 Å². The Balaban J connectivity index is 2.35. The lowest BCUT2D eigenvalue weighted by Gasteiger charge is -2.09. The summed E-state index contributed by atoms with van der Waals surface area (Å²) in [6.45, 7) is 4.29. The highest BCUT2D eigenvalue weighted by atomic mass is 14.1. The smallest absolute Gasteiger partial charge is 0.00103 e. The van der Waals surface area contributed by atoms with Crippen LogP contribution in [0.3, 0.4) is 0 Å². The van der Waals surface area contributed by atoms with E-state index in [1.807, 2.05) is 0 Å². The summed E-state index contributed by atoms with van der Waals surface area (Å²) in [6, 6.07) is 19.3. The molecule has 0 aliphatic rings. The summed E-state index contributed by atoms with van der Waals surface area (Å²) in [4.78, 5) is 0. The first-order valence-electron chi connectivity index (χ1n) is 6.09. The van der Waals surface area contributed by atoms with E-state index >= 15 is 0 Å². The van der Waals surface area contributed by atoms with Crippen LogP contribution in [-0.4, -0.2) is 0 Å². The lowest BCUT2D eigenvalue weighted by atomic mass is 9.96. The van der Waals surface area contributed by atoms with Gasteiger partial charge in [0, 0.05) is 0 Å². The summed E-state index contributed by atoms with van der Waals surface area (Å²) < 4.78 is 0. The van der Waals surface area contributed by atoms with Gasteiger partial charge < -0.3 is 0 Å². The molecule has 0 spiro atoms. The van der Waals surface area contributed by atoms with Crippen molar-refractivity contribution in [3.63, 3.8) is 0 Å². The first-order chi connectivity index (χ1) is 8.31. The molecule has 0 heterocycles. The lowest BCUT2D eigenvalue weighted by Crippen LogP contribution is -1.89. The number of hydrogen-bond donors (Lipinski definition) is 0. The van der Waals surface area contributed by atoms with Gasteiger partial charge in [0.25, 0.3) is 0 Å².